The molecule has 15 nitrogen and oxygen atoms in total. The first kappa shape index (κ1) is 132. The van der Waals surface area contributed by atoms with E-state index in [0.29, 0.717) is 34.9 Å². The lowest BCUT2D eigenvalue weighted by molar-refractivity contribution is -0.117. The number of pyridine rings is 1. The fourth-order valence-corrected chi connectivity index (χ4v) is 11.4. The molecule has 129 heavy (non-hydrogen) atoms. The first-order chi connectivity index (χ1) is 60.9. The second-order valence-corrected chi connectivity index (χ2v) is 33.6. The van der Waals surface area contributed by atoms with Crippen molar-refractivity contribution in [1.82, 2.24) is 45.3 Å². The van der Waals surface area contributed by atoms with E-state index in [-0.39, 0.29) is 60.4 Å². The van der Waals surface area contributed by atoms with E-state index in [2.05, 4.69) is 264 Å². The summed E-state index contributed by atoms with van der Waals surface area (Å²) in [5.74, 6) is 0.489. The van der Waals surface area contributed by atoms with Gasteiger partial charge in [0.25, 0.3) is 16.7 Å². The molecular formula is C114H187N9O6. The van der Waals surface area contributed by atoms with Crippen LogP contribution in [0.3, 0.4) is 0 Å². The molecule has 7 aromatic carbocycles. The maximum absolute atomic E-state index is 11.6. The van der Waals surface area contributed by atoms with Crippen LogP contribution < -0.4 is 22.4 Å². The fourth-order valence-electron chi connectivity index (χ4n) is 11.4. The molecule has 724 valence electrons. The lowest BCUT2D eigenvalue weighted by atomic mass is 9.83. The molecule has 2 aliphatic carbocycles. The average molecular weight is 1780 g/mol. The minimum Gasteiger partial charge on any atom is -0.329 e. The number of carbonyl (C=O) groups is 2. The topological polar surface area (TPSA) is 236 Å². The van der Waals surface area contributed by atoms with E-state index in [9.17, 15) is 28.8 Å². The highest BCUT2D eigenvalue weighted by atomic mass is 16.2. The number of aromatic nitrogens is 9. The van der Waals surface area contributed by atoms with Crippen molar-refractivity contribution < 1.29 is 9.59 Å². The van der Waals surface area contributed by atoms with Crippen LogP contribution in [0.15, 0.2) is 190 Å². The van der Waals surface area contributed by atoms with Crippen LogP contribution in [0.2, 0.25) is 0 Å². The summed E-state index contributed by atoms with van der Waals surface area (Å²) in [5.41, 5.74) is 16.7. The van der Waals surface area contributed by atoms with Crippen molar-refractivity contribution in [1.29, 1.82) is 0 Å². The number of aromatic amines is 6. The molecule has 0 saturated heterocycles. The molecule has 15 heteroatoms. The normalized spacial score (nSPS) is 10.9. The number of rotatable bonds is 0. The van der Waals surface area contributed by atoms with Gasteiger partial charge in [0.15, 0.2) is 5.78 Å². The summed E-state index contributed by atoms with van der Waals surface area (Å²) < 4.78 is 0. The maximum Gasteiger partial charge on any atom is 0.326 e. The molecule has 2 aliphatic rings. The number of fused-ring (bicyclic) bond motifs is 7. The third kappa shape index (κ3) is 46.3. The molecule has 0 fully saturated rings. The minimum atomic E-state index is -0.471. The Morgan fingerprint density at radius 3 is 1.04 bits per heavy atom. The Morgan fingerprint density at radius 2 is 0.620 bits per heavy atom. The zero-order valence-corrected chi connectivity index (χ0v) is 91.1. The number of benzene rings is 7. The summed E-state index contributed by atoms with van der Waals surface area (Å²) in [6.45, 7) is 102. The summed E-state index contributed by atoms with van der Waals surface area (Å²) in [4.78, 5) is 82.9. The van der Waals surface area contributed by atoms with Crippen molar-refractivity contribution in [3.63, 3.8) is 0 Å². The van der Waals surface area contributed by atoms with Crippen molar-refractivity contribution in [3.05, 3.63) is 273 Å². The van der Waals surface area contributed by atoms with Crippen LogP contribution in [0.25, 0.3) is 54.4 Å². The molecule has 12 aromatic rings. The Kier molecular flexibility index (Phi) is 70.4. The Hall–Kier alpha value is -10.2. The summed E-state index contributed by atoms with van der Waals surface area (Å²) in [6.07, 6.45) is 12.6. The summed E-state index contributed by atoms with van der Waals surface area (Å²) in [7, 11) is 0. The van der Waals surface area contributed by atoms with Crippen LogP contribution in [-0.4, -0.2) is 56.9 Å². The van der Waals surface area contributed by atoms with E-state index in [1.807, 2.05) is 267 Å². The van der Waals surface area contributed by atoms with Gasteiger partial charge < -0.3 is 15.0 Å². The van der Waals surface area contributed by atoms with Gasteiger partial charge >= 0.3 is 5.69 Å². The second-order valence-electron chi connectivity index (χ2n) is 33.6. The Balaban J connectivity index is -0.000000257. The number of nitrogens with zero attached hydrogens (tertiary/aromatic N) is 3. The number of ketones is 2. The van der Waals surface area contributed by atoms with E-state index >= 15 is 0 Å². The number of hydrogen-bond donors (Lipinski definition) is 6. The van der Waals surface area contributed by atoms with E-state index in [1.165, 1.54) is 56.0 Å². The van der Waals surface area contributed by atoms with Gasteiger partial charge in [-0.05, 0) is 172 Å². The molecule has 0 radical (unpaired) electrons. The van der Waals surface area contributed by atoms with E-state index < -0.39 is 5.69 Å². The van der Waals surface area contributed by atoms with Gasteiger partial charge in [0, 0.05) is 40.8 Å². The highest BCUT2D eigenvalue weighted by molar-refractivity contribution is 6.06. The molecule has 0 amide bonds. The van der Waals surface area contributed by atoms with Crippen LogP contribution in [0.4, 0.5) is 0 Å². The average Bonchev–Trinajstić information content (AvgIpc) is 1.78. The number of Topliss-reactive ketones (excluding diaryl/α,β-unsaturated/α-hetero) is 1. The van der Waals surface area contributed by atoms with Crippen molar-refractivity contribution in [3.8, 4) is 0 Å². The molecule has 5 aromatic heterocycles. The van der Waals surface area contributed by atoms with Crippen molar-refractivity contribution in [2.75, 3.05) is 0 Å². The fraction of sp³-hybridized carbons (Fsp3) is 0.518. The molecule has 0 bridgehead atoms. The van der Waals surface area contributed by atoms with E-state index in [1.54, 1.807) is 18.3 Å². The van der Waals surface area contributed by atoms with E-state index in [0.717, 1.165) is 56.0 Å². The number of allylic oxidation sites excluding steroid dienone is 2. The third-order valence-corrected chi connectivity index (χ3v) is 18.1. The van der Waals surface area contributed by atoms with Gasteiger partial charge in [0.1, 0.15) is 5.78 Å². The van der Waals surface area contributed by atoms with Crippen molar-refractivity contribution >= 4 is 66.0 Å². The zero-order valence-electron chi connectivity index (χ0n) is 91.1. The van der Waals surface area contributed by atoms with Crippen LogP contribution in [0, 0.1) is 0 Å². The van der Waals surface area contributed by atoms with Crippen LogP contribution in [-0.2, 0) is 62.0 Å². The predicted molar refractivity (Wildman–Crippen MR) is 577 cm³/mol. The first-order valence-electron chi connectivity index (χ1n) is 48.7. The molecular weight excluding hydrogens is 1590 g/mol. The molecule has 0 spiro atoms. The second kappa shape index (κ2) is 68.9. The molecule has 0 atom stereocenters. The quantitative estimate of drug-likeness (QED) is 0.0846. The SMILES string of the molecule is CC.CC.CC.CC.CC.CC.CC.CC.CC.CC.CC.CC.CC.CC.CC(C)(C)c1ccc2[nH]c(=O)[nH]c(=O)c2c1.CC(C)(C)c1ccc2[nH]ncc2c1.CC(C)(C)c1ccc2[nH]ncc2c1.CC(C)(C)c1ccc2c(c1)CC(=O)C2.CC(C)(C)c1ccc2c(c1)CC=CC2=O.CC(C)(C)c1ccc2cc[nH]c(=O)c2c1.CC(C)(C)c1ccc2nc[nH]c(=O)c2c1. The molecule has 0 unspecified atom stereocenters. The standard InChI is InChI=1S/C14H16O.C13H15NO.C13H16O.C12H14N2O2.C12H14N2O.2C11H14N2.14C2H6/c1-14(2,3)11-7-8-12-10(9-11)5-4-6-13(12)15;1-13(2,3)10-5-4-9-6-7-14-12(15)11(9)8-10;1-13(2,3)11-5-4-9-7-12(14)8-10(9)6-11;1-12(2,3)7-4-5-9-8(6-7)10(15)14-11(16)13-9;1-12(2,3)8-4-5-10-9(6-8)11(15)14-7-13-10;2*1-11(2,3)9-4-5-10-8(6-9)7-12-13-10;14*1-2/h4,6-9H,5H2,1-3H3;4-8H,1-3H3,(H,14,15);4-6H,7-8H2,1-3H3;4-6H,1-3H3,(H2,13,14,15,16);4-7H,1-3H3,(H,13,14,15);2*4-7H,1-3H3,(H,12,13);14*1-2H3. The predicted octanol–water partition coefficient (Wildman–Crippen LogP) is 32.6. The summed E-state index contributed by atoms with van der Waals surface area (Å²) in [5, 5.41) is 19.2. The third-order valence-electron chi connectivity index (χ3n) is 18.1. The van der Waals surface area contributed by atoms with Gasteiger partial charge in [0.2, 0.25) is 0 Å². The molecule has 5 heterocycles. The molecule has 0 aliphatic heterocycles. The largest absolute Gasteiger partial charge is 0.329 e. The highest BCUT2D eigenvalue weighted by Crippen LogP contribution is 2.32. The van der Waals surface area contributed by atoms with Crippen LogP contribution >= 0.6 is 0 Å². The summed E-state index contributed by atoms with van der Waals surface area (Å²) in [6, 6.07) is 44.9. The van der Waals surface area contributed by atoms with Gasteiger partial charge in [-0.1, -0.05) is 418 Å². The maximum atomic E-state index is 11.6. The van der Waals surface area contributed by atoms with Gasteiger partial charge in [0.05, 0.1) is 51.6 Å². The Labute approximate surface area is 785 Å². The molecule has 6 N–H and O–H groups in total. The molecule has 0 saturated carbocycles. The van der Waals surface area contributed by atoms with Crippen LogP contribution in [0.1, 0.15) is 405 Å². The lowest BCUT2D eigenvalue weighted by Gasteiger charge is -2.21. The van der Waals surface area contributed by atoms with E-state index in [4.69, 9.17) is 0 Å². The number of nitrogens with one attached hydrogen (secondary N) is 6. The number of hydrogen-bond acceptors (Lipinski definition) is 9. The van der Waals surface area contributed by atoms with Gasteiger partial charge in [-0.25, -0.2) is 9.78 Å². The van der Waals surface area contributed by atoms with Gasteiger partial charge in [-0.15, -0.1) is 0 Å². The van der Waals surface area contributed by atoms with Crippen molar-refractivity contribution in [2.45, 2.75) is 396 Å². The van der Waals surface area contributed by atoms with Crippen molar-refractivity contribution in [2.24, 2.45) is 0 Å². The Morgan fingerprint density at radius 1 is 0.287 bits per heavy atom. The minimum absolute atomic E-state index is 0.0152. The van der Waals surface area contributed by atoms with Gasteiger partial charge in [-0.3, -0.25) is 39.2 Å². The smallest absolute Gasteiger partial charge is 0.326 e. The summed E-state index contributed by atoms with van der Waals surface area (Å²) >= 11 is 0. The first-order valence-corrected chi connectivity index (χ1v) is 48.7. The zero-order chi connectivity index (χ0) is 102. The lowest BCUT2D eigenvalue weighted by Crippen LogP contribution is -2.22. The molecule has 14 rings (SSSR count). The highest BCUT2D eigenvalue weighted by Gasteiger charge is 2.24. The Bertz CT molecular complexity index is 5050. The monoisotopic (exact) mass is 1780 g/mol. The van der Waals surface area contributed by atoms with Crippen LogP contribution in [0.5, 0.6) is 0 Å². The number of H-pyrrole nitrogens is 6. The van der Waals surface area contributed by atoms with Gasteiger partial charge in [-0.2, -0.15) is 10.2 Å². The number of carbonyl (C=O) groups excluding carboxylic acids is 2.